The van der Waals surface area contributed by atoms with Crippen molar-refractivity contribution in [1.29, 1.82) is 0 Å². The molecule has 2 aliphatic heterocycles. The van der Waals surface area contributed by atoms with Gasteiger partial charge in [-0.2, -0.15) is 0 Å². The van der Waals surface area contributed by atoms with Crippen LogP contribution in [0.1, 0.15) is 18.4 Å². The molecule has 3 rings (SSSR count). The lowest BCUT2D eigenvalue weighted by molar-refractivity contribution is -0.136. The third-order valence-electron chi connectivity index (χ3n) is 4.99. The molecule has 0 aromatic heterocycles. The van der Waals surface area contributed by atoms with Gasteiger partial charge in [-0.1, -0.05) is 12.1 Å². The quantitative estimate of drug-likeness (QED) is 0.763. The number of carboxylic acids is 1. The smallest absolute Gasteiger partial charge is 0.321 e. The second kappa shape index (κ2) is 8.31. The van der Waals surface area contributed by atoms with Crippen molar-refractivity contribution in [2.45, 2.75) is 25.3 Å². The number of hydrogen-bond donors (Lipinski definition) is 3. The van der Waals surface area contributed by atoms with Crippen molar-refractivity contribution in [2.24, 2.45) is 0 Å². The molecule has 2 heterocycles. The summed E-state index contributed by atoms with van der Waals surface area (Å²) in [5.41, 5.74) is 1.42. The number of urea groups is 1. The third-order valence-corrected chi connectivity index (χ3v) is 4.99. The van der Waals surface area contributed by atoms with Crippen molar-refractivity contribution >= 4 is 17.7 Å². The normalized spacial score (nSPS) is 19.6. The summed E-state index contributed by atoms with van der Waals surface area (Å²) in [6, 6.07) is 7.53. The molecule has 2 amide bonds. The Labute approximate surface area is 148 Å². The number of anilines is 1. The molecule has 3 N–H and O–H groups in total. The molecule has 136 valence electrons. The highest BCUT2D eigenvalue weighted by molar-refractivity contribution is 5.89. The second-order valence-electron chi connectivity index (χ2n) is 6.70. The van der Waals surface area contributed by atoms with Gasteiger partial charge in [-0.15, -0.1) is 0 Å². The number of carboxylic acid groups (broad SMARTS) is 1. The fourth-order valence-electron chi connectivity index (χ4n) is 3.55. The van der Waals surface area contributed by atoms with Crippen molar-refractivity contribution in [3.05, 3.63) is 29.8 Å². The molecule has 0 radical (unpaired) electrons. The van der Waals surface area contributed by atoms with Crippen LogP contribution >= 0.6 is 0 Å². The van der Waals surface area contributed by atoms with E-state index < -0.39 is 5.97 Å². The average Bonchev–Trinajstić information content (AvgIpc) is 2.64. The van der Waals surface area contributed by atoms with Crippen molar-refractivity contribution in [1.82, 2.24) is 15.1 Å². The number of aliphatic carboxylic acids is 1. The van der Waals surface area contributed by atoms with Crippen molar-refractivity contribution in [3.8, 4) is 0 Å². The Bertz CT molecular complexity index is 591. The van der Waals surface area contributed by atoms with Crippen molar-refractivity contribution in [2.75, 3.05) is 44.6 Å². The SMILES string of the molecule is O=C(O)Cc1ccc(NC(=O)N2CCN(C3CCNCC3)CC2)cc1. The fourth-order valence-corrected chi connectivity index (χ4v) is 3.55. The minimum atomic E-state index is -0.858. The van der Waals surface area contributed by atoms with E-state index in [1.165, 1.54) is 12.8 Å². The lowest BCUT2D eigenvalue weighted by Crippen LogP contribution is -2.54. The highest BCUT2D eigenvalue weighted by Crippen LogP contribution is 2.16. The fraction of sp³-hybridized carbons (Fsp3) is 0.556. The van der Waals surface area contributed by atoms with Crippen molar-refractivity contribution < 1.29 is 14.7 Å². The predicted molar refractivity (Wildman–Crippen MR) is 95.8 cm³/mol. The number of benzene rings is 1. The molecule has 1 aromatic carbocycles. The van der Waals surface area contributed by atoms with E-state index in [1.54, 1.807) is 24.3 Å². The maximum Gasteiger partial charge on any atom is 0.321 e. The lowest BCUT2D eigenvalue weighted by atomic mass is 10.0. The van der Waals surface area contributed by atoms with Gasteiger partial charge in [-0.05, 0) is 43.6 Å². The molecular formula is C18H26N4O3. The van der Waals surface area contributed by atoms with Gasteiger partial charge in [0.1, 0.15) is 0 Å². The molecular weight excluding hydrogens is 320 g/mol. The van der Waals surface area contributed by atoms with Gasteiger partial charge < -0.3 is 20.6 Å². The molecule has 0 spiro atoms. The van der Waals surface area contributed by atoms with Crippen LogP contribution in [0.2, 0.25) is 0 Å². The summed E-state index contributed by atoms with van der Waals surface area (Å²) in [5, 5.41) is 15.1. The Hall–Kier alpha value is -2.12. The highest BCUT2D eigenvalue weighted by atomic mass is 16.4. The molecule has 2 saturated heterocycles. The maximum atomic E-state index is 12.4. The Morgan fingerprint density at radius 2 is 1.72 bits per heavy atom. The largest absolute Gasteiger partial charge is 0.481 e. The Morgan fingerprint density at radius 1 is 1.08 bits per heavy atom. The zero-order valence-corrected chi connectivity index (χ0v) is 14.4. The Kier molecular flexibility index (Phi) is 5.88. The molecule has 7 nitrogen and oxygen atoms in total. The van der Waals surface area contributed by atoms with Crippen LogP contribution in [0.25, 0.3) is 0 Å². The molecule has 2 aliphatic rings. The van der Waals surface area contributed by atoms with Gasteiger partial charge in [0.25, 0.3) is 0 Å². The maximum absolute atomic E-state index is 12.4. The van der Waals surface area contributed by atoms with Gasteiger partial charge >= 0.3 is 12.0 Å². The summed E-state index contributed by atoms with van der Waals surface area (Å²) in [7, 11) is 0. The second-order valence-corrected chi connectivity index (χ2v) is 6.70. The molecule has 2 fully saturated rings. The van der Waals surface area contributed by atoms with Crippen LogP contribution in [-0.4, -0.2) is 72.2 Å². The zero-order valence-electron chi connectivity index (χ0n) is 14.4. The first kappa shape index (κ1) is 17.7. The monoisotopic (exact) mass is 346 g/mol. The number of piperidine rings is 1. The molecule has 0 saturated carbocycles. The third kappa shape index (κ3) is 4.93. The van der Waals surface area contributed by atoms with E-state index in [0.717, 1.165) is 44.8 Å². The average molecular weight is 346 g/mol. The molecule has 1 aromatic rings. The van der Waals surface area contributed by atoms with Gasteiger partial charge in [0.2, 0.25) is 0 Å². The van der Waals surface area contributed by atoms with E-state index in [1.807, 2.05) is 4.90 Å². The number of amides is 2. The topological polar surface area (TPSA) is 84.9 Å². The minimum absolute atomic E-state index is 0.00707. The van der Waals surface area contributed by atoms with E-state index >= 15 is 0 Å². The van der Waals surface area contributed by atoms with Crippen LogP contribution in [-0.2, 0) is 11.2 Å². The van der Waals surface area contributed by atoms with Gasteiger partial charge in [-0.3, -0.25) is 9.69 Å². The van der Waals surface area contributed by atoms with Gasteiger partial charge in [0.15, 0.2) is 0 Å². The Morgan fingerprint density at radius 3 is 2.32 bits per heavy atom. The molecule has 0 aliphatic carbocycles. The number of nitrogens with one attached hydrogen (secondary N) is 2. The highest BCUT2D eigenvalue weighted by Gasteiger charge is 2.26. The zero-order chi connectivity index (χ0) is 17.6. The lowest BCUT2D eigenvalue weighted by Gasteiger charge is -2.40. The van der Waals surface area contributed by atoms with Crippen molar-refractivity contribution in [3.63, 3.8) is 0 Å². The van der Waals surface area contributed by atoms with Gasteiger partial charge in [0, 0.05) is 37.9 Å². The van der Waals surface area contributed by atoms with E-state index in [2.05, 4.69) is 15.5 Å². The van der Waals surface area contributed by atoms with E-state index in [-0.39, 0.29) is 12.5 Å². The first-order valence-corrected chi connectivity index (χ1v) is 8.93. The first-order chi connectivity index (χ1) is 12.1. The molecule has 25 heavy (non-hydrogen) atoms. The first-order valence-electron chi connectivity index (χ1n) is 8.93. The van der Waals surface area contributed by atoms with Crippen LogP contribution < -0.4 is 10.6 Å². The summed E-state index contributed by atoms with van der Waals surface area (Å²) in [6.07, 6.45) is 2.37. The van der Waals surface area contributed by atoms with E-state index in [0.29, 0.717) is 11.7 Å². The molecule has 7 heteroatoms. The van der Waals surface area contributed by atoms with Crippen LogP contribution in [0.15, 0.2) is 24.3 Å². The standard InChI is InChI=1S/C18H26N4O3/c23-17(24)13-14-1-3-15(4-2-14)20-18(25)22-11-9-21(10-12-22)16-5-7-19-8-6-16/h1-4,16,19H,5-13H2,(H,20,25)(H,23,24). The molecule has 0 bridgehead atoms. The van der Waals surface area contributed by atoms with Gasteiger partial charge in [-0.25, -0.2) is 4.79 Å². The number of hydrogen-bond acceptors (Lipinski definition) is 4. The van der Waals surface area contributed by atoms with Gasteiger partial charge in [0.05, 0.1) is 6.42 Å². The number of piperazine rings is 1. The Balaban J connectivity index is 1.46. The molecule has 0 atom stereocenters. The number of carbonyl (C=O) groups is 2. The summed E-state index contributed by atoms with van der Waals surface area (Å²) >= 11 is 0. The summed E-state index contributed by atoms with van der Waals surface area (Å²) in [5.74, 6) is -0.858. The van der Waals surface area contributed by atoms with Crippen LogP contribution in [0, 0.1) is 0 Å². The summed E-state index contributed by atoms with van der Waals surface area (Å²) < 4.78 is 0. The summed E-state index contributed by atoms with van der Waals surface area (Å²) in [4.78, 5) is 27.5. The van der Waals surface area contributed by atoms with E-state index in [9.17, 15) is 9.59 Å². The number of nitrogens with zero attached hydrogens (tertiary/aromatic N) is 2. The predicted octanol–water partition coefficient (Wildman–Crippen LogP) is 1.22. The minimum Gasteiger partial charge on any atom is -0.481 e. The molecule has 0 unspecified atom stereocenters. The van der Waals surface area contributed by atoms with E-state index in [4.69, 9.17) is 5.11 Å². The summed E-state index contributed by atoms with van der Waals surface area (Å²) in [6.45, 7) is 5.51. The number of rotatable bonds is 4. The number of carbonyl (C=O) groups excluding carboxylic acids is 1. The van der Waals surface area contributed by atoms with Crippen LogP contribution in [0.4, 0.5) is 10.5 Å². The van der Waals surface area contributed by atoms with Crippen LogP contribution in [0.3, 0.4) is 0 Å². The van der Waals surface area contributed by atoms with Crippen LogP contribution in [0.5, 0.6) is 0 Å².